The monoisotopic (exact) mass is 1460 g/mol. The maximum atomic E-state index is 10.5. The second kappa shape index (κ2) is 36.1. The molecule has 0 amide bonds. The molecule has 0 aliphatic carbocycles. The summed E-state index contributed by atoms with van der Waals surface area (Å²) >= 11 is 0. The zero-order chi connectivity index (χ0) is 70.4. The van der Waals surface area contributed by atoms with Gasteiger partial charge in [-0.1, -0.05) is 213 Å². The van der Waals surface area contributed by atoms with E-state index in [4.69, 9.17) is 63.0 Å². The predicted molar refractivity (Wildman–Crippen MR) is 417 cm³/mol. The van der Waals surface area contributed by atoms with Gasteiger partial charge < -0.3 is 76.6 Å². The highest BCUT2D eigenvalue weighted by Gasteiger charge is 2.68. The zero-order valence-electron chi connectivity index (χ0n) is 63.9. The van der Waals surface area contributed by atoms with Crippen LogP contribution < -0.4 is 0 Å². The number of fused-ring (bicyclic) bond motifs is 10. The van der Waals surface area contributed by atoms with E-state index >= 15 is 0 Å². The summed E-state index contributed by atoms with van der Waals surface area (Å²) in [5.74, 6) is 2.58. The summed E-state index contributed by atoms with van der Waals surface area (Å²) in [7, 11) is -5.18. The van der Waals surface area contributed by atoms with E-state index in [1.54, 1.807) is 6.08 Å². The number of hydrogen-bond donors (Lipinski definition) is 3. The molecule has 0 saturated carbocycles. The molecule has 10 aliphatic rings. The van der Waals surface area contributed by atoms with Gasteiger partial charge in [-0.2, -0.15) is 0 Å². The quantitative estimate of drug-likeness (QED) is 0.0325. The molecule has 98 heavy (non-hydrogen) atoms. The summed E-state index contributed by atoms with van der Waals surface area (Å²) in [6.45, 7) is 78.0. The molecule has 0 radical (unpaired) electrons. The Kier molecular flexibility index (Phi) is 35.2. The summed E-state index contributed by atoms with van der Waals surface area (Å²) in [5.41, 5.74) is -1.78. The van der Waals surface area contributed by atoms with E-state index in [9.17, 15) is 15.3 Å². The third-order valence-corrected chi connectivity index (χ3v) is 44.2. The van der Waals surface area contributed by atoms with Gasteiger partial charge in [-0.25, -0.2) is 6.57 Å². The van der Waals surface area contributed by atoms with Crippen LogP contribution in [0.25, 0.3) is 4.85 Å². The second-order valence-corrected chi connectivity index (χ2v) is 53.6. The highest BCUT2D eigenvalue weighted by Crippen LogP contribution is 2.58. The van der Waals surface area contributed by atoms with Crippen LogP contribution in [0.1, 0.15) is 208 Å². The highest BCUT2D eigenvalue weighted by molar-refractivity contribution is 7.46. The van der Waals surface area contributed by atoms with Crippen molar-refractivity contribution in [2.45, 2.75) is 394 Å². The lowest BCUT2D eigenvalue weighted by Gasteiger charge is -2.42. The van der Waals surface area contributed by atoms with Crippen LogP contribution in [0.5, 0.6) is 0 Å². The van der Waals surface area contributed by atoms with Crippen molar-refractivity contribution in [3.8, 4) is 0 Å². The van der Waals surface area contributed by atoms with Crippen molar-refractivity contribution in [3.05, 3.63) is 24.1 Å². The van der Waals surface area contributed by atoms with Gasteiger partial charge >= 0.3 is 0 Å². The molecular formula is C78H158NO15PSi3. The molecule has 1 unspecified atom stereocenters. The Morgan fingerprint density at radius 3 is 1.18 bits per heavy atom. The molecule has 10 aliphatic heterocycles. The molecule has 0 aromatic rings. The summed E-state index contributed by atoms with van der Waals surface area (Å²) < 4.78 is 72.1. The number of aliphatic hydroxyl groups is 3. The molecule has 16 nitrogen and oxygen atoms in total. The van der Waals surface area contributed by atoms with Crippen LogP contribution in [0, 0.1) is 42.1 Å². The number of ether oxygens (including phenoxy) is 10. The Bertz CT molecular complexity index is 2390. The maximum Gasteiger partial charge on any atom is 0.238 e. The molecule has 10 rings (SSSR count). The summed E-state index contributed by atoms with van der Waals surface area (Å²) in [6.07, 6.45) is 5.08. The van der Waals surface area contributed by atoms with Crippen LogP contribution in [-0.4, -0.2) is 206 Å². The molecular weight excluding hydrogens is 1310 g/mol. The minimum Gasteiger partial charge on any atom is -0.390 e. The average molecular weight is 1470 g/mol. The Morgan fingerprint density at radius 2 is 0.816 bits per heavy atom. The summed E-state index contributed by atoms with van der Waals surface area (Å²) in [5, 5.41) is 32.1. The van der Waals surface area contributed by atoms with Crippen molar-refractivity contribution in [1.29, 1.82) is 0 Å². The average Bonchev–Trinajstić information content (AvgIpc) is 1.60. The second-order valence-electron chi connectivity index (χ2n) is 35.3. The Labute approximate surface area is 607 Å². The van der Waals surface area contributed by atoms with Gasteiger partial charge in [-0.15, -0.1) is 6.58 Å². The first-order valence-electron chi connectivity index (χ1n) is 36.3. The van der Waals surface area contributed by atoms with Crippen molar-refractivity contribution in [1.82, 2.24) is 0 Å². The smallest absolute Gasteiger partial charge is 0.238 e. The number of nitrogens with zero attached hydrogens (tertiary/aromatic N) is 1. The van der Waals surface area contributed by atoms with Crippen LogP contribution in [0.3, 0.4) is 0 Å². The van der Waals surface area contributed by atoms with Crippen molar-refractivity contribution >= 4 is 32.6 Å². The molecule has 3 N–H and O–H groups in total. The van der Waals surface area contributed by atoms with Crippen LogP contribution >= 0.6 is 8.38 Å². The minimum absolute atomic E-state index is 0. The Morgan fingerprint density at radius 1 is 0.510 bits per heavy atom. The van der Waals surface area contributed by atoms with Crippen LogP contribution in [0.2, 0.25) is 72.5 Å². The first kappa shape index (κ1) is 95.7. The molecule has 582 valence electrons. The van der Waals surface area contributed by atoms with Gasteiger partial charge in [-0.3, -0.25) is 0 Å². The summed E-state index contributed by atoms with van der Waals surface area (Å²) in [4.78, 5) is 3.28. The fourth-order valence-corrected chi connectivity index (χ4v) is 24.3. The topological polar surface area (TPSA) is 176 Å². The summed E-state index contributed by atoms with van der Waals surface area (Å²) in [6, 6.07) is 3.62. The standard InChI is InChI=1S/C17H34O2Si.C16H32O3Si.C16H30O3Si.C14H24NO4P.C10H18O3.5CH4/c1-9-12(2)17-11-18-15(13(3)19-17)14(17)10-20(7,8)16(4,5)6;2*1-8-13(17)16-10-18-14(11(2)19-16)12(16)9-20(6,7)15(3,4)5;1-6-10(2)14-9-16-12(11(3)18-14)13(14)19-20(5)17-8-7-15-4;1-4-6(2)10-5-12-8(9(10)11)7(3)13-10;;;;;/h12-15H,9-11H2,1-8H3;11-14,17H,8-10H2,1-7H3;8,11-14,17H,1,9-10H2,2-7H3;10-13H,6-9H2,1-3,5H3;6-9,11H,4-5H2,1-3H3;5*1H4/t12-,13-,14-,15-,17+;2*11-,12-,13-,14-,16-;10-,11-,12-,13-,14+,20?;6-,7-,8-,9-,10+;;;;;/m00000...../s1. The number of hydrogen-bond acceptors (Lipinski definition) is 15. The first-order chi connectivity index (χ1) is 42.8. The fourth-order valence-electron chi connectivity index (χ4n) is 16.4. The highest BCUT2D eigenvalue weighted by atomic mass is 31.2. The molecule has 0 spiro atoms. The van der Waals surface area contributed by atoms with E-state index in [1.807, 2.05) is 27.4 Å². The third kappa shape index (κ3) is 18.5. The zero-order valence-corrected chi connectivity index (χ0v) is 67.8. The first-order valence-corrected chi connectivity index (χ1v) is 47.6. The van der Waals surface area contributed by atoms with E-state index in [2.05, 4.69) is 175 Å². The van der Waals surface area contributed by atoms with Gasteiger partial charge in [-0.05, 0) is 92.0 Å². The lowest BCUT2D eigenvalue weighted by Crippen LogP contribution is -2.51. The van der Waals surface area contributed by atoms with Crippen molar-refractivity contribution in [2.75, 3.05) is 52.9 Å². The van der Waals surface area contributed by atoms with Crippen molar-refractivity contribution < 1.29 is 71.7 Å². The van der Waals surface area contributed by atoms with Gasteiger partial charge in [0.1, 0.15) is 59.5 Å². The van der Waals surface area contributed by atoms with Gasteiger partial charge in [0.15, 0.2) is 8.38 Å². The van der Waals surface area contributed by atoms with Crippen molar-refractivity contribution in [3.63, 3.8) is 0 Å². The molecule has 20 heteroatoms. The maximum absolute atomic E-state index is 10.5. The van der Waals surface area contributed by atoms with Crippen molar-refractivity contribution in [2.24, 2.45) is 35.5 Å². The normalized spacial score (nSPS) is 38.7. The van der Waals surface area contributed by atoms with E-state index in [0.29, 0.717) is 90.4 Å². The van der Waals surface area contributed by atoms with E-state index in [1.165, 1.54) is 18.5 Å². The van der Waals surface area contributed by atoms with Gasteiger partial charge in [0.25, 0.3) is 0 Å². The lowest BCUT2D eigenvalue weighted by molar-refractivity contribution is -0.179. The molecule has 10 heterocycles. The molecule has 10 fully saturated rings. The van der Waals surface area contributed by atoms with E-state index in [0.717, 1.165) is 31.9 Å². The Balaban J connectivity index is 0.000000608. The van der Waals surface area contributed by atoms with Crippen LogP contribution in [0.4, 0.5) is 0 Å². The van der Waals surface area contributed by atoms with E-state index in [-0.39, 0.29) is 115 Å². The molecule has 0 aromatic heterocycles. The molecule has 26 atom stereocenters. The number of rotatable bonds is 21. The molecule has 0 aromatic carbocycles. The largest absolute Gasteiger partial charge is 0.390 e. The van der Waals surface area contributed by atoms with Crippen LogP contribution in [0.15, 0.2) is 12.7 Å². The minimum atomic E-state index is -1.45. The number of aliphatic hydroxyl groups excluding tert-OH is 3. The van der Waals surface area contributed by atoms with Gasteiger partial charge in [0.05, 0.1) is 118 Å². The molecule has 10 saturated heterocycles. The Hall–Kier alpha value is -0.289. The predicted octanol–water partition coefficient (Wildman–Crippen LogP) is 18.3. The fraction of sp³-hybridized carbons (Fsp3) is 0.962. The van der Waals surface area contributed by atoms with Crippen LogP contribution in [-0.2, 0) is 56.4 Å². The van der Waals surface area contributed by atoms with Gasteiger partial charge in [0.2, 0.25) is 6.54 Å². The third-order valence-electron chi connectivity index (χ3n) is 26.5. The molecule has 10 bridgehead atoms. The lowest BCUT2D eigenvalue weighted by atomic mass is 9.79. The van der Waals surface area contributed by atoms with E-state index < -0.39 is 67.7 Å². The van der Waals surface area contributed by atoms with Gasteiger partial charge in [0, 0.05) is 24.4 Å². The SMILES string of the molecule is C.C.C.C.C.C=C[C@H](O)[C@@]12CO[C@@H]([C@H](C)O1)[C@@H]2C[Si](C)(C)C(C)(C)C.CC[C@H](C)[C@@]12CO[C@@H]([C@H](C)O1)[C@@H]2C[Si](C)(C)C(C)(C)C.CC[C@H](C)[C@@]12CO[C@@H]([C@H](C)O1)[C@@H]2O.CC[C@H](O)[C@@]12CO[C@@H]([C@H](C)O1)[C@@H]2C[Si](C)(C)C(C)(C)C.[C-]#[N+]CCOP(C)O[C@H]1[C@H]2OC[C@]1([C@@H](C)CC)O[C@H]2C.